The van der Waals surface area contributed by atoms with Crippen LogP contribution in [-0.4, -0.2) is 58.9 Å². The number of hydrogen-bond donors (Lipinski definition) is 4. The van der Waals surface area contributed by atoms with Crippen LogP contribution in [0, 0.1) is 0 Å². The van der Waals surface area contributed by atoms with Crippen molar-refractivity contribution in [1.29, 1.82) is 0 Å². The minimum atomic E-state index is -1.08. The Morgan fingerprint density at radius 2 is 2.00 bits per heavy atom. The molecule has 0 radical (unpaired) electrons. The molecule has 1 rings (SSSR count). The number of carbonyl (C=O) groups excluding carboxylic acids is 3. The summed E-state index contributed by atoms with van der Waals surface area (Å²) in [5.74, 6) is -2.77. The quantitative estimate of drug-likeness (QED) is 0.417. The van der Waals surface area contributed by atoms with Crippen LogP contribution in [-0.2, 0) is 19.2 Å². The van der Waals surface area contributed by atoms with Crippen LogP contribution in [0.3, 0.4) is 0 Å². The van der Waals surface area contributed by atoms with E-state index in [1.54, 1.807) is 0 Å². The lowest BCUT2D eigenvalue weighted by Gasteiger charge is -2.27. The summed E-state index contributed by atoms with van der Waals surface area (Å²) in [6.07, 6.45) is 0.875. The average molecular weight is 300 g/mol. The number of primary amides is 1. The maximum atomic E-state index is 12.4. The van der Waals surface area contributed by atoms with E-state index in [1.807, 2.05) is 0 Å². The Hall–Kier alpha value is -2.16. The Kier molecular flexibility index (Phi) is 6.10. The molecule has 9 heteroatoms. The number of rotatable bonds is 7. The molecule has 2 atom stereocenters. The molecule has 21 heavy (non-hydrogen) atoms. The number of aliphatic carboxylic acids is 1. The van der Waals surface area contributed by atoms with Crippen LogP contribution < -0.4 is 16.8 Å². The van der Waals surface area contributed by atoms with Crippen LogP contribution in [0.1, 0.15) is 25.7 Å². The smallest absolute Gasteiger partial charge is 0.326 e. The number of nitrogens with one attached hydrogen (secondary N) is 1. The van der Waals surface area contributed by atoms with E-state index in [2.05, 4.69) is 5.32 Å². The van der Waals surface area contributed by atoms with E-state index in [-0.39, 0.29) is 19.4 Å². The minimum absolute atomic E-state index is 0.0166. The third-order valence-electron chi connectivity index (χ3n) is 3.32. The summed E-state index contributed by atoms with van der Waals surface area (Å²) in [4.78, 5) is 46.9. The molecule has 0 aromatic carbocycles. The summed E-state index contributed by atoms with van der Waals surface area (Å²) in [5, 5.41) is 11.5. The van der Waals surface area contributed by atoms with E-state index in [0.29, 0.717) is 19.4 Å². The summed E-state index contributed by atoms with van der Waals surface area (Å²) in [7, 11) is 0. The third kappa shape index (κ3) is 4.71. The van der Waals surface area contributed by atoms with E-state index in [9.17, 15) is 19.2 Å². The maximum absolute atomic E-state index is 12.4. The molecule has 1 aliphatic heterocycles. The zero-order valence-electron chi connectivity index (χ0n) is 11.6. The first-order valence-electron chi connectivity index (χ1n) is 6.67. The van der Waals surface area contributed by atoms with Crippen molar-refractivity contribution in [2.45, 2.75) is 37.8 Å². The molecule has 6 N–H and O–H groups in total. The molecule has 3 amide bonds. The minimum Gasteiger partial charge on any atom is -0.480 e. The number of nitrogens with zero attached hydrogens (tertiary/aromatic N) is 1. The van der Waals surface area contributed by atoms with Gasteiger partial charge in [0.2, 0.25) is 17.7 Å². The van der Waals surface area contributed by atoms with Crippen LogP contribution in [0.4, 0.5) is 0 Å². The number of carbonyl (C=O) groups is 4. The summed E-state index contributed by atoms with van der Waals surface area (Å²) in [5.41, 5.74) is 10.2. The largest absolute Gasteiger partial charge is 0.480 e. The van der Waals surface area contributed by atoms with Crippen molar-refractivity contribution in [3.8, 4) is 0 Å². The van der Waals surface area contributed by atoms with Gasteiger partial charge >= 0.3 is 5.97 Å². The number of nitrogens with two attached hydrogens (primary N) is 2. The van der Waals surface area contributed by atoms with Crippen molar-refractivity contribution in [1.82, 2.24) is 10.2 Å². The fraction of sp³-hybridized carbons (Fsp3) is 0.667. The number of carboxylic acids is 1. The normalized spacial score (nSPS) is 19.1. The average Bonchev–Trinajstić information content (AvgIpc) is 2.91. The maximum Gasteiger partial charge on any atom is 0.326 e. The van der Waals surface area contributed by atoms with Crippen molar-refractivity contribution in [3.63, 3.8) is 0 Å². The molecule has 9 nitrogen and oxygen atoms in total. The van der Waals surface area contributed by atoms with Gasteiger partial charge in [0.1, 0.15) is 12.1 Å². The molecule has 1 aliphatic rings. The Morgan fingerprint density at radius 3 is 2.52 bits per heavy atom. The van der Waals surface area contributed by atoms with Gasteiger partial charge in [0.25, 0.3) is 0 Å². The highest BCUT2D eigenvalue weighted by Crippen LogP contribution is 2.19. The first-order chi connectivity index (χ1) is 9.86. The Bertz CT molecular complexity index is 439. The molecule has 0 aromatic heterocycles. The molecule has 1 heterocycles. The van der Waals surface area contributed by atoms with Crippen molar-refractivity contribution in [2.75, 3.05) is 13.1 Å². The van der Waals surface area contributed by atoms with Crippen LogP contribution >= 0.6 is 0 Å². The van der Waals surface area contributed by atoms with Crippen LogP contribution in [0.5, 0.6) is 0 Å². The number of carboxylic acid groups (broad SMARTS) is 1. The summed E-state index contributed by atoms with van der Waals surface area (Å²) in [6, 6.07) is -1.89. The first-order valence-corrected chi connectivity index (χ1v) is 6.67. The van der Waals surface area contributed by atoms with Gasteiger partial charge in [0.15, 0.2) is 0 Å². The molecule has 0 bridgehead atoms. The monoisotopic (exact) mass is 300 g/mol. The Morgan fingerprint density at radius 1 is 1.33 bits per heavy atom. The van der Waals surface area contributed by atoms with Crippen molar-refractivity contribution in [2.24, 2.45) is 11.5 Å². The highest BCUT2D eigenvalue weighted by molar-refractivity contribution is 5.91. The molecule has 0 unspecified atom stereocenters. The zero-order valence-corrected chi connectivity index (χ0v) is 11.6. The van der Waals surface area contributed by atoms with Crippen molar-refractivity contribution < 1.29 is 24.3 Å². The van der Waals surface area contributed by atoms with Crippen molar-refractivity contribution in [3.05, 3.63) is 0 Å². The van der Waals surface area contributed by atoms with Gasteiger partial charge < -0.3 is 26.8 Å². The zero-order chi connectivity index (χ0) is 16.0. The van der Waals surface area contributed by atoms with E-state index in [0.717, 1.165) is 0 Å². The lowest BCUT2D eigenvalue weighted by atomic mass is 10.1. The molecule has 1 fully saturated rings. The standard InChI is InChI=1S/C12H20N4O5/c13-6-10(18)15-7(3-4-9(14)17)11(19)16-5-1-2-8(16)12(20)21/h7-8H,1-6,13H2,(H2,14,17)(H,15,18)(H,20,21)/t7-,8+/m0/s1. The molecule has 0 saturated carbocycles. The van der Waals surface area contributed by atoms with Gasteiger partial charge in [0.05, 0.1) is 6.54 Å². The van der Waals surface area contributed by atoms with Gasteiger partial charge in [-0.25, -0.2) is 4.79 Å². The Labute approximate surface area is 121 Å². The van der Waals surface area contributed by atoms with Gasteiger partial charge in [-0.3, -0.25) is 14.4 Å². The van der Waals surface area contributed by atoms with Gasteiger partial charge in [-0.15, -0.1) is 0 Å². The predicted molar refractivity (Wildman–Crippen MR) is 71.8 cm³/mol. The Balaban J connectivity index is 2.79. The molecule has 118 valence electrons. The van der Waals surface area contributed by atoms with Crippen LogP contribution in [0.15, 0.2) is 0 Å². The second kappa shape index (κ2) is 7.58. The van der Waals surface area contributed by atoms with Gasteiger partial charge in [-0.2, -0.15) is 0 Å². The second-order valence-electron chi connectivity index (χ2n) is 4.86. The predicted octanol–water partition coefficient (Wildman–Crippen LogP) is -2.23. The van der Waals surface area contributed by atoms with Gasteiger partial charge in [-0.05, 0) is 19.3 Å². The van der Waals surface area contributed by atoms with Gasteiger partial charge in [-0.1, -0.05) is 0 Å². The number of amides is 3. The molecular formula is C12H20N4O5. The molecule has 0 spiro atoms. The fourth-order valence-corrected chi connectivity index (χ4v) is 2.28. The lowest BCUT2D eigenvalue weighted by molar-refractivity contribution is -0.149. The van der Waals surface area contributed by atoms with E-state index < -0.39 is 35.8 Å². The highest BCUT2D eigenvalue weighted by Gasteiger charge is 2.37. The molecular weight excluding hydrogens is 280 g/mol. The fourth-order valence-electron chi connectivity index (χ4n) is 2.28. The van der Waals surface area contributed by atoms with Crippen LogP contribution in [0.2, 0.25) is 0 Å². The third-order valence-corrected chi connectivity index (χ3v) is 3.32. The summed E-state index contributed by atoms with van der Waals surface area (Å²) >= 11 is 0. The first kappa shape index (κ1) is 16.9. The van der Waals surface area contributed by atoms with E-state index in [1.165, 1.54) is 4.90 Å². The van der Waals surface area contributed by atoms with Crippen LogP contribution in [0.25, 0.3) is 0 Å². The number of hydrogen-bond acceptors (Lipinski definition) is 5. The SMILES string of the molecule is NCC(=O)N[C@@H](CCC(N)=O)C(=O)N1CCC[C@@H]1C(=O)O. The van der Waals surface area contributed by atoms with Gasteiger partial charge in [0, 0.05) is 13.0 Å². The topological polar surface area (TPSA) is 156 Å². The van der Waals surface area contributed by atoms with E-state index >= 15 is 0 Å². The molecule has 1 saturated heterocycles. The summed E-state index contributed by atoms with van der Waals surface area (Å²) < 4.78 is 0. The second-order valence-corrected chi connectivity index (χ2v) is 4.86. The summed E-state index contributed by atoms with van der Waals surface area (Å²) in [6.45, 7) is 0.00405. The van der Waals surface area contributed by atoms with Crippen molar-refractivity contribution >= 4 is 23.7 Å². The molecule has 0 aromatic rings. The highest BCUT2D eigenvalue weighted by atomic mass is 16.4. The molecule has 0 aliphatic carbocycles. The number of likely N-dealkylation sites (tertiary alicyclic amines) is 1. The van der Waals surface area contributed by atoms with E-state index in [4.69, 9.17) is 16.6 Å². The lowest BCUT2D eigenvalue weighted by Crippen LogP contribution is -2.52.